The maximum atomic E-state index is 13.6. The zero-order valence-corrected chi connectivity index (χ0v) is 10.2. The summed E-state index contributed by atoms with van der Waals surface area (Å²) in [7, 11) is 1.45. The van der Waals surface area contributed by atoms with Gasteiger partial charge in [0.15, 0.2) is 6.29 Å². The van der Waals surface area contributed by atoms with Crippen molar-refractivity contribution in [3.63, 3.8) is 0 Å². The predicted octanol–water partition coefficient (Wildman–Crippen LogP) is 3.19. The minimum atomic E-state index is -0.599. The standard InChI is InChI=1S/C15H10FNO2/c1-19-15-12(9-18)3-2-4-13(15)10-5-6-11(8-17)14(16)7-10/h2-7,9H,1H3. The Hall–Kier alpha value is -2.67. The Balaban J connectivity index is 2.62. The third kappa shape index (κ3) is 2.31. The molecule has 0 N–H and O–H groups in total. The number of para-hydroxylation sites is 1. The highest BCUT2D eigenvalue weighted by Gasteiger charge is 2.12. The molecule has 0 aliphatic heterocycles. The molecule has 0 aromatic heterocycles. The summed E-state index contributed by atoms with van der Waals surface area (Å²) in [5.41, 5.74) is 1.53. The van der Waals surface area contributed by atoms with Crippen molar-refractivity contribution in [1.82, 2.24) is 0 Å². The highest BCUT2D eigenvalue weighted by molar-refractivity contribution is 5.86. The molecule has 4 heteroatoms. The molecule has 0 radical (unpaired) electrons. The van der Waals surface area contributed by atoms with Crippen LogP contribution >= 0.6 is 0 Å². The second-order valence-corrected chi connectivity index (χ2v) is 3.85. The molecule has 2 rings (SSSR count). The van der Waals surface area contributed by atoms with E-state index in [1.807, 2.05) is 0 Å². The lowest BCUT2D eigenvalue weighted by Gasteiger charge is -2.11. The summed E-state index contributed by atoms with van der Waals surface area (Å²) < 4.78 is 18.8. The van der Waals surface area contributed by atoms with E-state index < -0.39 is 5.82 Å². The number of hydrogen-bond acceptors (Lipinski definition) is 3. The molecule has 0 aliphatic carbocycles. The van der Waals surface area contributed by atoms with Gasteiger partial charge in [-0.1, -0.05) is 18.2 Å². The molecular formula is C15H10FNO2. The number of aldehydes is 1. The summed E-state index contributed by atoms with van der Waals surface area (Å²) in [5.74, 6) is -0.208. The Kier molecular flexibility index (Phi) is 3.58. The molecule has 94 valence electrons. The largest absolute Gasteiger partial charge is 0.495 e. The van der Waals surface area contributed by atoms with Gasteiger partial charge in [-0.05, 0) is 23.8 Å². The molecular weight excluding hydrogens is 245 g/mol. The predicted molar refractivity (Wildman–Crippen MR) is 68.5 cm³/mol. The van der Waals surface area contributed by atoms with Crippen molar-refractivity contribution in [1.29, 1.82) is 5.26 Å². The number of rotatable bonds is 3. The Bertz CT molecular complexity index is 674. The van der Waals surface area contributed by atoms with E-state index in [-0.39, 0.29) is 5.56 Å². The summed E-state index contributed by atoms with van der Waals surface area (Å²) in [5, 5.41) is 8.70. The van der Waals surface area contributed by atoms with Crippen LogP contribution in [0.4, 0.5) is 4.39 Å². The fourth-order valence-electron chi connectivity index (χ4n) is 1.88. The molecule has 3 nitrogen and oxygen atoms in total. The summed E-state index contributed by atoms with van der Waals surface area (Å²) in [6.45, 7) is 0. The molecule has 0 heterocycles. The van der Waals surface area contributed by atoms with Gasteiger partial charge >= 0.3 is 0 Å². The van der Waals surface area contributed by atoms with Gasteiger partial charge in [-0.2, -0.15) is 5.26 Å². The smallest absolute Gasteiger partial charge is 0.153 e. The molecule has 19 heavy (non-hydrogen) atoms. The summed E-state index contributed by atoms with van der Waals surface area (Å²) in [6, 6.07) is 11.1. The first-order valence-electron chi connectivity index (χ1n) is 5.53. The molecule has 0 unspecified atom stereocenters. The number of carbonyl (C=O) groups excluding carboxylic acids is 1. The molecule has 0 spiro atoms. The monoisotopic (exact) mass is 255 g/mol. The van der Waals surface area contributed by atoms with Crippen LogP contribution in [-0.4, -0.2) is 13.4 Å². The van der Waals surface area contributed by atoms with E-state index in [1.165, 1.54) is 19.2 Å². The van der Waals surface area contributed by atoms with Crippen molar-refractivity contribution in [2.75, 3.05) is 7.11 Å². The summed E-state index contributed by atoms with van der Waals surface area (Å²) in [4.78, 5) is 10.9. The summed E-state index contributed by atoms with van der Waals surface area (Å²) >= 11 is 0. The van der Waals surface area contributed by atoms with E-state index in [0.29, 0.717) is 28.7 Å². The number of carbonyl (C=O) groups is 1. The van der Waals surface area contributed by atoms with Crippen LogP contribution in [-0.2, 0) is 0 Å². The molecule has 0 amide bonds. The quantitative estimate of drug-likeness (QED) is 0.791. The number of halogens is 1. The minimum Gasteiger partial charge on any atom is -0.495 e. The van der Waals surface area contributed by atoms with E-state index in [4.69, 9.17) is 10.00 Å². The van der Waals surface area contributed by atoms with E-state index in [1.54, 1.807) is 30.3 Å². The normalized spacial score (nSPS) is 9.74. The number of ether oxygens (including phenoxy) is 1. The van der Waals surface area contributed by atoms with Gasteiger partial charge in [-0.15, -0.1) is 0 Å². The van der Waals surface area contributed by atoms with Gasteiger partial charge in [-0.3, -0.25) is 4.79 Å². The Morgan fingerprint density at radius 1 is 1.32 bits per heavy atom. The van der Waals surface area contributed by atoms with Crippen LogP contribution in [0.15, 0.2) is 36.4 Å². The van der Waals surface area contributed by atoms with Crippen molar-refractivity contribution in [2.45, 2.75) is 0 Å². The van der Waals surface area contributed by atoms with Crippen molar-refractivity contribution < 1.29 is 13.9 Å². The lowest BCUT2D eigenvalue weighted by atomic mass is 10.0. The molecule has 0 bridgehead atoms. The zero-order chi connectivity index (χ0) is 13.8. The van der Waals surface area contributed by atoms with Crippen LogP contribution in [0.3, 0.4) is 0 Å². The molecule has 0 atom stereocenters. The Morgan fingerprint density at radius 3 is 2.68 bits per heavy atom. The molecule has 2 aromatic rings. The number of hydrogen-bond donors (Lipinski definition) is 0. The first kappa shape index (κ1) is 12.8. The van der Waals surface area contributed by atoms with Crippen LogP contribution < -0.4 is 4.74 Å². The maximum absolute atomic E-state index is 13.6. The molecule has 2 aromatic carbocycles. The average molecular weight is 255 g/mol. The fourth-order valence-corrected chi connectivity index (χ4v) is 1.88. The molecule has 0 saturated heterocycles. The van der Waals surface area contributed by atoms with Crippen LogP contribution in [0.1, 0.15) is 15.9 Å². The number of methoxy groups -OCH3 is 1. The second-order valence-electron chi connectivity index (χ2n) is 3.85. The van der Waals surface area contributed by atoms with Gasteiger partial charge in [0, 0.05) is 5.56 Å². The van der Waals surface area contributed by atoms with E-state index in [2.05, 4.69) is 0 Å². The highest BCUT2D eigenvalue weighted by Crippen LogP contribution is 2.33. The Morgan fingerprint density at radius 2 is 2.11 bits per heavy atom. The fraction of sp³-hybridized carbons (Fsp3) is 0.0667. The Labute approximate surface area is 109 Å². The van der Waals surface area contributed by atoms with Crippen LogP contribution in [0.5, 0.6) is 5.75 Å². The topological polar surface area (TPSA) is 50.1 Å². The first-order valence-corrected chi connectivity index (χ1v) is 5.53. The van der Waals surface area contributed by atoms with Crippen LogP contribution in [0, 0.1) is 17.1 Å². The maximum Gasteiger partial charge on any atom is 0.153 e. The lowest BCUT2D eigenvalue weighted by molar-refractivity contribution is 0.112. The number of benzene rings is 2. The highest BCUT2D eigenvalue weighted by atomic mass is 19.1. The first-order chi connectivity index (χ1) is 9.21. The number of nitriles is 1. The third-order valence-corrected chi connectivity index (χ3v) is 2.78. The van der Waals surface area contributed by atoms with Gasteiger partial charge in [0.2, 0.25) is 0 Å². The van der Waals surface area contributed by atoms with Gasteiger partial charge in [0.05, 0.1) is 18.2 Å². The SMILES string of the molecule is COc1c(C=O)cccc1-c1ccc(C#N)c(F)c1. The second kappa shape index (κ2) is 5.32. The average Bonchev–Trinajstić information content (AvgIpc) is 2.46. The zero-order valence-electron chi connectivity index (χ0n) is 10.2. The van der Waals surface area contributed by atoms with E-state index >= 15 is 0 Å². The lowest BCUT2D eigenvalue weighted by Crippen LogP contribution is -1.94. The van der Waals surface area contributed by atoms with Gasteiger partial charge in [0.25, 0.3) is 0 Å². The van der Waals surface area contributed by atoms with E-state index in [9.17, 15) is 9.18 Å². The minimum absolute atomic E-state index is 0.0192. The molecule has 0 fully saturated rings. The number of nitrogens with zero attached hydrogens (tertiary/aromatic N) is 1. The van der Waals surface area contributed by atoms with Gasteiger partial charge in [0.1, 0.15) is 17.6 Å². The van der Waals surface area contributed by atoms with Crippen LogP contribution in [0.2, 0.25) is 0 Å². The molecule has 0 saturated carbocycles. The van der Waals surface area contributed by atoms with Crippen molar-refractivity contribution in [3.8, 4) is 22.9 Å². The van der Waals surface area contributed by atoms with Crippen LogP contribution in [0.25, 0.3) is 11.1 Å². The van der Waals surface area contributed by atoms with Crippen molar-refractivity contribution in [2.24, 2.45) is 0 Å². The van der Waals surface area contributed by atoms with Crippen molar-refractivity contribution in [3.05, 3.63) is 53.3 Å². The third-order valence-electron chi connectivity index (χ3n) is 2.78. The van der Waals surface area contributed by atoms with Crippen molar-refractivity contribution >= 4 is 6.29 Å². The summed E-state index contributed by atoms with van der Waals surface area (Å²) in [6.07, 6.45) is 0.683. The van der Waals surface area contributed by atoms with Gasteiger partial charge in [-0.25, -0.2) is 4.39 Å². The molecule has 0 aliphatic rings. The van der Waals surface area contributed by atoms with E-state index in [0.717, 1.165) is 0 Å². The van der Waals surface area contributed by atoms with Gasteiger partial charge < -0.3 is 4.74 Å².